The average molecular weight is 202 g/mol. The standard InChI is InChI=1S/C10H18O2S/c1-8(12)13-10-5-3-2-4-9(10)6-7-11/h9-11H,2-7H2,1H3. The molecule has 0 heterocycles. The Hall–Kier alpha value is -0.0200. The maximum absolute atomic E-state index is 11.0. The molecule has 0 radical (unpaired) electrons. The number of hydrogen-bond donors (Lipinski definition) is 1. The Balaban J connectivity index is 2.41. The van der Waals surface area contributed by atoms with Crippen LogP contribution in [0.4, 0.5) is 0 Å². The van der Waals surface area contributed by atoms with Crippen LogP contribution in [0.5, 0.6) is 0 Å². The maximum Gasteiger partial charge on any atom is 0.186 e. The van der Waals surface area contributed by atoms with Gasteiger partial charge in [0.05, 0.1) is 0 Å². The molecular weight excluding hydrogens is 184 g/mol. The summed E-state index contributed by atoms with van der Waals surface area (Å²) in [4.78, 5) is 11.0. The van der Waals surface area contributed by atoms with E-state index in [0.29, 0.717) is 11.2 Å². The van der Waals surface area contributed by atoms with Gasteiger partial charge in [0, 0.05) is 18.8 Å². The van der Waals surface area contributed by atoms with Gasteiger partial charge in [0.15, 0.2) is 5.12 Å². The highest BCUT2D eigenvalue weighted by molar-refractivity contribution is 8.14. The second kappa shape index (κ2) is 5.66. The summed E-state index contributed by atoms with van der Waals surface area (Å²) in [6, 6.07) is 0. The molecule has 2 unspecified atom stereocenters. The molecule has 0 bridgehead atoms. The van der Waals surface area contributed by atoms with Crippen LogP contribution >= 0.6 is 11.8 Å². The molecule has 2 nitrogen and oxygen atoms in total. The van der Waals surface area contributed by atoms with Crippen molar-refractivity contribution in [1.29, 1.82) is 0 Å². The molecule has 0 aromatic rings. The fourth-order valence-corrected chi connectivity index (χ4v) is 3.21. The molecule has 1 aliphatic carbocycles. The third kappa shape index (κ3) is 3.69. The van der Waals surface area contributed by atoms with Gasteiger partial charge in [-0.25, -0.2) is 0 Å². The summed E-state index contributed by atoms with van der Waals surface area (Å²) in [6.07, 6.45) is 5.71. The Kier molecular flexibility index (Phi) is 4.81. The topological polar surface area (TPSA) is 37.3 Å². The van der Waals surface area contributed by atoms with E-state index in [4.69, 9.17) is 5.11 Å². The van der Waals surface area contributed by atoms with Gasteiger partial charge in [0.2, 0.25) is 0 Å². The Labute approximate surface area is 84.1 Å². The van der Waals surface area contributed by atoms with Gasteiger partial charge < -0.3 is 5.11 Å². The van der Waals surface area contributed by atoms with Crippen molar-refractivity contribution >= 4 is 16.9 Å². The average Bonchev–Trinajstić information content (AvgIpc) is 2.08. The van der Waals surface area contributed by atoms with Crippen LogP contribution in [0.25, 0.3) is 0 Å². The number of carbonyl (C=O) groups is 1. The van der Waals surface area contributed by atoms with Gasteiger partial charge in [0.25, 0.3) is 0 Å². The van der Waals surface area contributed by atoms with Crippen molar-refractivity contribution in [3.63, 3.8) is 0 Å². The van der Waals surface area contributed by atoms with Gasteiger partial charge in [0.1, 0.15) is 0 Å². The quantitative estimate of drug-likeness (QED) is 0.762. The normalized spacial score (nSPS) is 28.8. The monoisotopic (exact) mass is 202 g/mol. The van der Waals surface area contributed by atoms with Gasteiger partial charge in [-0.15, -0.1) is 0 Å². The number of aliphatic hydroxyl groups excluding tert-OH is 1. The first-order chi connectivity index (χ1) is 6.24. The van der Waals surface area contributed by atoms with Crippen molar-refractivity contribution in [2.75, 3.05) is 6.61 Å². The fourth-order valence-electron chi connectivity index (χ4n) is 2.04. The second-order valence-electron chi connectivity index (χ2n) is 3.70. The van der Waals surface area contributed by atoms with Gasteiger partial charge in [-0.2, -0.15) is 0 Å². The zero-order chi connectivity index (χ0) is 9.68. The Morgan fingerprint density at radius 3 is 2.77 bits per heavy atom. The summed E-state index contributed by atoms with van der Waals surface area (Å²) < 4.78 is 0. The molecule has 0 aromatic carbocycles. The summed E-state index contributed by atoms with van der Waals surface area (Å²) in [5, 5.41) is 9.56. The summed E-state index contributed by atoms with van der Waals surface area (Å²) in [5.41, 5.74) is 0. The van der Waals surface area contributed by atoms with Crippen LogP contribution < -0.4 is 0 Å². The summed E-state index contributed by atoms with van der Waals surface area (Å²) >= 11 is 1.47. The molecule has 0 saturated heterocycles. The SMILES string of the molecule is CC(=O)SC1CCCCC1CCO. The van der Waals surface area contributed by atoms with Crippen molar-refractivity contribution < 1.29 is 9.90 Å². The predicted molar refractivity (Wildman–Crippen MR) is 55.7 cm³/mol. The van der Waals surface area contributed by atoms with Crippen molar-refractivity contribution in [1.82, 2.24) is 0 Å². The lowest BCUT2D eigenvalue weighted by Gasteiger charge is -2.29. The molecule has 1 rings (SSSR count). The zero-order valence-corrected chi connectivity index (χ0v) is 8.98. The van der Waals surface area contributed by atoms with Crippen LogP contribution in [0.3, 0.4) is 0 Å². The highest BCUT2D eigenvalue weighted by Gasteiger charge is 2.25. The lowest BCUT2D eigenvalue weighted by Crippen LogP contribution is -2.23. The molecular formula is C10H18O2S. The van der Waals surface area contributed by atoms with E-state index < -0.39 is 0 Å². The minimum absolute atomic E-state index is 0.217. The number of rotatable bonds is 3. The van der Waals surface area contributed by atoms with E-state index in [9.17, 15) is 4.79 Å². The fraction of sp³-hybridized carbons (Fsp3) is 0.900. The molecule has 1 saturated carbocycles. The largest absolute Gasteiger partial charge is 0.396 e. The first-order valence-corrected chi connectivity index (χ1v) is 5.90. The van der Waals surface area contributed by atoms with Crippen LogP contribution in [0.15, 0.2) is 0 Å². The third-order valence-corrected chi connectivity index (χ3v) is 3.91. The summed E-state index contributed by atoms with van der Waals surface area (Å²) in [5.74, 6) is 0.563. The molecule has 0 aliphatic heterocycles. The predicted octanol–water partition coefficient (Wildman–Crippen LogP) is 2.21. The van der Waals surface area contributed by atoms with E-state index in [2.05, 4.69) is 0 Å². The molecule has 1 aliphatic rings. The number of thioether (sulfide) groups is 1. The molecule has 0 aromatic heterocycles. The van der Waals surface area contributed by atoms with Crippen LogP contribution in [-0.2, 0) is 4.79 Å². The molecule has 0 spiro atoms. The van der Waals surface area contributed by atoms with E-state index in [-0.39, 0.29) is 11.7 Å². The Morgan fingerprint density at radius 1 is 1.46 bits per heavy atom. The van der Waals surface area contributed by atoms with Crippen molar-refractivity contribution in [2.24, 2.45) is 5.92 Å². The smallest absolute Gasteiger partial charge is 0.186 e. The number of aliphatic hydroxyl groups is 1. The van der Waals surface area contributed by atoms with E-state index in [1.165, 1.54) is 31.0 Å². The summed E-state index contributed by atoms with van der Waals surface area (Å²) in [6.45, 7) is 1.90. The van der Waals surface area contributed by atoms with Crippen LogP contribution in [0.1, 0.15) is 39.0 Å². The van der Waals surface area contributed by atoms with Crippen LogP contribution in [0.2, 0.25) is 0 Å². The molecule has 0 amide bonds. The lowest BCUT2D eigenvalue weighted by atomic mass is 9.87. The first-order valence-electron chi connectivity index (χ1n) is 5.02. The summed E-state index contributed by atoms with van der Waals surface area (Å²) in [7, 11) is 0. The number of carbonyl (C=O) groups excluding carboxylic acids is 1. The van der Waals surface area contributed by atoms with Gasteiger partial charge in [-0.1, -0.05) is 24.6 Å². The van der Waals surface area contributed by atoms with Crippen LogP contribution in [-0.4, -0.2) is 22.1 Å². The highest BCUT2D eigenvalue weighted by atomic mass is 32.2. The van der Waals surface area contributed by atoms with E-state index >= 15 is 0 Å². The van der Waals surface area contributed by atoms with Crippen molar-refractivity contribution in [2.45, 2.75) is 44.3 Å². The van der Waals surface area contributed by atoms with Gasteiger partial charge >= 0.3 is 0 Å². The van der Waals surface area contributed by atoms with Crippen molar-refractivity contribution in [3.05, 3.63) is 0 Å². The molecule has 76 valence electrons. The van der Waals surface area contributed by atoms with Gasteiger partial charge in [-0.05, 0) is 25.2 Å². The Bertz CT molecular complexity index is 168. The number of hydrogen-bond acceptors (Lipinski definition) is 3. The minimum atomic E-state index is 0.217. The van der Waals surface area contributed by atoms with E-state index in [0.717, 1.165) is 12.8 Å². The molecule has 1 N–H and O–H groups in total. The van der Waals surface area contributed by atoms with E-state index in [1.54, 1.807) is 6.92 Å². The first kappa shape index (κ1) is 11.1. The third-order valence-electron chi connectivity index (χ3n) is 2.66. The molecule has 3 heteroatoms. The zero-order valence-electron chi connectivity index (χ0n) is 8.16. The lowest BCUT2D eigenvalue weighted by molar-refractivity contribution is -0.109. The molecule has 2 atom stereocenters. The Morgan fingerprint density at radius 2 is 2.15 bits per heavy atom. The highest BCUT2D eigenvalue weighted by Crippen LogP contribution is 2.35. The minimum Gasteiger partial charge on any atom is -0.396 e. The van der Waals surface area contributed by atoms with Crippen molar-refractivity contribution in [3.8, 4) is 0 Å². The van der Waals surface area contributed by atoms with Crippen LogP contribution in [0, 0.1) is 5.92 Å². The van der Waals surface area contributed by atoms with Gasteiger partial charge in [-0.3, -0.25) is 4.79 Å². The molecule has 1 fully saturated rings. The molecule has 13 heavy (non-hydrogen) atoms. The maximum atomic E-state index is 11.0. The second-order valence-corrected chi connectivity index (χ2v) is 5.12. The van der Waals surface area contributed by atoms with E-state index in [1.807, 2.05) is 0 Å².